The van der Waals surface area contributed by atoms with Gasteiger partial charge in [-0.15, -0.1) is 5.10 Å². The molecule has 0 saturated carbocycles. The fraction of sp³-hybridized carbons (Fsp3) is 0.188. The number of ether oxygens (including phenoxy) is 1. The van der Waals surface area contributed by atoms with Gasteiger partial charge in [-0.05, 0) is 39.8 Å². The van der Waals surface area contributed by atoms with E-state index in [0.29, 0.717) is 18.8 Å². The number of tetrazole rings is 1. The van der Waals surface area contributed by atoms with E-state index >= 15 is 0 Å². The first-order valence-electron chi connectivity index (χ1n) is 7.32. The number of carbonyl (C=O) groups excluding carboxylic acids is 1. The van der Waals surface area contributed by atoms with Gasteiger partial charge in [0.05, 0.1) is 19.2 Å². The lowest BCUT2D eigenvalue weighted by Crippen LogP contribution is -2.24. The van der Waals surface area contributed by atoms with Crippen molar-refractivity contribution < 1.29 is 9.53 Å². The molecule has 3 rings (SSSR count). The molecule has 2 heterocycles. The standard InChI is InChI=1S/C16H16N6O2/c1-24-16-9-13(6-7-17-16)10-18-15(23)8-12-2-4-14(5-3-12)22-11-19-20-21-22/h2-7,9,11H,8,10H2,1H3,(H,18,23). The number of carbonyl (C=O) groups is 1. The van der Waals surface area contributed by atoms with Gasteiger partial charge in [0.15, 0.2) is 0 Å². The molecule has 0 radical (unpaired) electrons. The maximum Gasteiger partial charge on any atom is 0.224 e. The summed E-state index contributed by atoms with van der Waals surface area (Å²) >= 11 is 0. The largest absolute Gasteiger partial charge is 0.481 e. The van der Waals surface area contributed by atoms with Crippen molar-refractivity contribution in [2.45, 2.75) is 13.0 Å². The monoisotopic (exact) mass is 324 g/mol. The first kappa shape index (κ1) is 15.6. The van der Waals surface area contributed by atoms with Crippen LogP contribution in [0, 0.1) is 0 Å². The molecule has 122 valence electrons. The summed E-state index contributed by atoms with van der Waals surface area (Å²) in [5.41, 5.74) is 2.69. The quantitative estimate of drug-likeness (QED) is 0.724. The maximum atomic E-state index is 12.1. The highest BCUT2D eigenvalue weighted by atomic mass is 16.5. The molecule has 8 nitrogen and oxygen atoms in total. The van der Waals surface area contributed by atoms with Crippen molar-refractivity contribution in [2.75, 3.05) is 7.11 Å². The molecule has 0 atom stereocenters. The van der Waals surface area contributed by atoms with Gasteiger partial charge in [-0.1, -0.05) is 12.1 Å². The van der Waals surface area contributed by atoms with Crippen molar-refractivity contribution in [2.24, 2.45) is 0 Å². The molecule has 0 bridgehead atoms. The Kier molecular flexibility index (Phi) is 4.76. The van der Waals surface area contributed by atoms with E-state index in [1.165, 1.54) is 6.33 Å². The van der Waals surface area contributed by atoms with E-state index in [1.807, 2.05) is 30.3 Å². The third-order valence-corrected chi connectivity index (χ3v) is 3.41. The Balaban J connectivity index is 1.54. The Morgan fingerprint density at radius 2 is 2.04 bits per heavy atom. The Labute approximate surface area is 138 Å². The van der Waals surface area contributed by atoms with Crippen LogP contribution >= 0.6 is 0 Å². The van der Waals surface area contributed by atoms with Gasteiger partial charge < -0.3 is 10.1 Å². The lowest BCUT2D eigenvalue weighted by atomic mass is 10.1. The average Bonchev–Trinajstić information content (AvgIpc) is 3.15. The number of benzene rings is 1. The second-order valence-electron chi connectivity index (χ2n) is 5.08. The highest BCUT2D eigenvalue weighted by Crippen LogP contribution is 2.10. The molecule has 1 N–H and O–H groups in total. The van der Waals surface area contributed by atoms with E-state index in [4.69, 9.17) is 4.74 Å². The molecule has 0 unspecified atom stereocenters. The Morgan fingerprint density at radius 3 is 2.75 bits per heavy atom. The van der Waals surface area contributed by atoms with Crippen LogP contribution in [0.15, 0.2) is 48.9 Å². The van der Waals surface area contributed by atoms with Crippen LogP contribution in [0.4, 0.5) is 0 Å². The highest BCUT2D eigenvalue weighted by Gasteiger charge is 2.05. The Bertz CT molecular complexity index is 802. The predicted octanol–water partition coefficient (Wildman–Crippen LogP) is 0.925. The van der Waals surface area contributed by atoms with Crippen molar-refractivity contribution >= 4 is 5.91 Å². The summed E-state index contributed by atoms with van der Waals surface area (Å²) in [5, 5.41) is 13.9. The van der Waals surface area contributed by atoms with Crippen molar-refractivity contribution in [3.05, 3.63) is 60.0 Å². The van der Waals surface area contributed by atoms with Crippen LogP contribution in [-0.2, 0) is 17.8 Å². The Morgan fingerprint density at radius 1 is 1.21 bits per heavy atom. The number of hydrogen-bond acceptors (Lipinski definition) is 6. The molecule has 0 aliphatic heterocycles. The van der Waals surface area contributed by atoms with Gasteiger partial charge in [0, 0.05) is 18.8 Å². The minimum atomic E-state index is -0.0547. The molecule has 0 aliphatic carbocycles. The third kappa shape index (κ3) is 3.92. The molecule has 1 aromatic carbocycles. The fourth-order valence-electron chi connectivity index (χ4n) is 2.17. The van der Waals surface area contributed by atoms with Crippen molar-refractivity contribution in [3.8, 4) is 11.6 Å². The van der Waals surface area contributed by atoms with Crippen molar-refractivity contribution in [1.29, 1.82) is 0 Å². The molecule has 8 heteroatoms. The van der Waals surface area contributed by atoms with Crippen LogP contribution in [0.25, 0.3) is 5.69 Å². The zero-order chi connectivity index (χ0) is 16.8. The van der Waals surface area contributed by atoms with Gasteiger partial charge in [-0.3, -0.25) is 4.79 Å². The van der Waals surface area contributed by atoms with Crippen LogP contribution < -0.4 is 10.1 Å². The number of nitrogens with one attached hydrogen (secondary N) is 1. The molecule has 0 spiro atoms. The van der Waals surface area contributed by atoms with Gasteiger partial charge in [-0.2, -0.15) is 0 Å². The molecule has 0 aliphatic rings. The second kappa shape index (κ2) is 7.32. The summed E-state index contributed by atoms with van der Waals surface area (Å²) in [5.74, 6) is 0.473. The zero-order valence-corrected chi connectivity index (χ0v) is 13.1. The molecule has 3 aromatic rings. The Hall–Kier alpha value is -3.29. The van der Waals surface area contributed by atoms with Crippen molar-refractivity contribution in [3.63, 3.8) is 0 Å². The average molecular weight is 324 g/mol. The summed E-state index contributed by atoms with van der Waals surface area (Å²) in [6.07, 6.45) is 3.47. The van der Waals surface area contributed by atoms with Crippen LogP contribution in [0.5, 0.6) is 5.88 Å². The zero-order valence-electron chi connectivity index (χ0n) is 13.1. The lowest BCUT2D eigenvalue weighted by molar-refractivity contribution is -0.120. The molecule has 24 heavy (non-hydrogen) atoms. The number of hydrogen-bond donors (Lipinski definition) is 1. The molecule has 1 amide bonds. The topological polar surface area (TPSA) is 94.8 Å². The molecule has 0 saturated heterocycles. The number of pyridine rings is 1. The number of methoxy groups -OCH3 is 1. The summed E-state index contributed by atoms with van der Waals surface area (Å²) in [7, 11) is 1.56. The third-order valence-electron chi connectivity index (χ3n) is 3.41. The minimum absolute atomic E-state index is 0.0547. The van der Waals surface area contributed by atoms with Gasteiger partial charge in [0.2, 0.25) is 11.8 Å². The van der Waals surface area contributed by atoms with Crippen LogP contribution in [0.1, 0.15) is 11.1 Å². The fourth-order valence-corrected chi connectivity index (χ4v) is 2.17. The first-order chi connectivity index (χ1) is 11.7. The molecule has 0 fully saturated rings. The van der Waals surface area contributed by atoms with E-state index in [0.717, 1.165) is 16.8 Å². The molecular weight excluding hydrogens is 308 g/mol. The van der Waals surface area contributed by atoms with Crippen LogP contribution in [-0.4, -0.2) is 38.2 Å². The van der Waals surface area contributed by atoms with Gasteiger partial charge in [0.1, 0.15) is 6.33 Å². The summed E-state index contributed by atoms with van der Waals surface area (Å²) in [6, 6.07) is 11.1. The van der Waals surface area contributed by atoms with Gasteiger partial charge in [0.25, 0.3) is 0 Å². The number of nitrogens with zero attached hydrogens (tertiary/aromatic N) is 5. The number of rotatable bonds is 6. The smallest absolute Gasteiger partial charge is 0.224 e. The van der Waals surface area contributed by atoms with Crippen molar-refractivity contribution in [1.82, 2.24) is 30.5 Å². The maximum absolute atomic E-state index is 12.1. The normalized spacial score (nSPS) is 10.4. The number of amides is 1. The minimum Gasteiger partial charge on any atom is -0.481 e. The van der Waals surface area contributed by atoms with Crippen LogP contribution in [0.3, 0.4) is 0 Å². The van der Waals surface area contributed by atoms with E-state index < -0.39 is 0 Å². The summed E-state index contributed by atoms with van der Waals surface area (Å²) in [4.78, 5) is 16.1. The van der Waals surface area contributed by atoms with Gasteiger partial charge >= 0.3 is 0 Å². The lowest BCUT2D eigenvalue weighted by Gasteiger charge is -2.07. The molecular formula is C16H16N6O2. The van der Waals surface area contributed by atoms with E-state index in [1.54, 1.807) is 24.1 Å². The first-order valence-corrected chi connectivity index (χ1v) is 7.32. The molecule has 2 aromatic heterocycles. The van der Waals surface area contributed by atoms with Gasteiger partial charge in [-0.25, -0.2) is 9.67 Å². The number of aromatic nitrogens is 5. The SMILES string of the molecule is COc1cc(CNC(=O)Cc2ccc(-n3cnnn3)cc2)ccn1. The van der Waals surface area contributed by atoms with E-state index in [2.05, 4.69) is 25.8 Å². The van der Waals surface area contributed by atoms with E-state index in [9.17, 15) is 4.79 Å². The summed E-state index contributed by atoms with van der Waals surface area (Å²) in [6.45, 7) is 0.431. The van der Waals surface area contributed by atoms with E-state index in [-0.39, 0.29) is 5.91 Å². The van der Waals surface area contributed by atoms with Crippen LogP contribution in [0.2, 0.25) is 0 Å². The predicted molar refractivity (Wildman–Crippen MR) is 85.5 cm³/mol. The highest BCUT2D eigenvalue weighted by molar-refractivity contribution is 5.78. The second-order valence-corrected chi connectivity index (χ2v) is 5.08. The summed E-state index contributed by atoms with van der Waals surface area (Å²) < 4.78 is 6.62.